The Balaban J connectivity index is 2.03. The lowest BCUT2D eigenvalue weighted by molar-refractivity contribution is 0.0251. The number of rotatable bonds is 5. The Morgan fingerprint density at radius 2 is 2.26 bits per heavy atom. The zero-order valence-corrected chi connectivity index (χ0v) is 12.4. The van der Waals surface area contributed by atoms with Crippen LogP contribution in [0.3, 0.4) is 0 Å². The molecule has 108 valence electrons. The monoisotopic (exact) mass is 267 g/mol. The van der Waals surface area contributed by atoms with E-state index >= 15 is 0 Å². The molecular weight excluding hydrogens is 242 g/mol. The molecule has 0 amide bonds. The summed E-state index contributed by atoms with van der Waals surface area (Å²) in [7, 11) is 0. The number of aliphatic hydroxyl groups is 1. The molecule has 5 nitrogen and oxygen atoms in total. The van der Waals surface area contributed by atoms with Gasteiger partial charge >= 0.3 is 0 Å². The van der Waals surface area contributed by atoms with Crippen LogP contribution in [0.2, 0.25) is 0 Å². The maximum atomic E-state index is 10.3. The highest BCUT2D eigenvalue weighted by molar-refractivity contribution is 5.27. The van der Waals surface area contributed by atoms with Crippen LogP contribution in [-0.4, -0.2) is 40.2 Å². The van der Waals surface area contributed by atoms with Gasteiger partial charge in [0.2, 0.25) is 0 Å². The average Bonchev–Trinajstić information content (AvgIpc) is 2.92. The molecule has 1 aromatic heterocycles. The minimum Gasteiger partial charge on any atom is -0.386 e. The molecule has 1 aliphatic heterocycles. The van der Waals surface area contributed by atoms with E-state index < -0.39 is 5.60 Å². The first kappa shape index (κ1) is 14.5. The number of aromatic nitrogens is 2. The summed E-state index contributed by atoms with van der Waals surface area (Å²) in [5.41, 5.74) is 2.80. The molecule has 5 heteroatoms. The van der Waals surface area contributed by atoms with Gasteiger partial charge in [-0.1, -0.05) is 0 Å². The molecule has 1 saturated heterocycles. The Hall–Kier alpha value is -0.910. The van der Waals surface area contributed by atoms with Crippen LogP contribution in [0.15, 0.2) is 0 Å². The van der Waals surface area contributed by atoms with E-state index in [9.17, 15) is 5.11 Å². The molecule has 0 radical (unpaired) electrons. The second-order valence-corrected chi connectivity index (χ2v) is 5.53. The lowest BCUT2D eigenvalue weighted by Crippen LogP contribution is -2.42. The Morgan fingerprint density at radius 3 is 2.79 bits per heavy atom. The van der Waals surface area contributed by atoms with Crippen LogP contribution in [0, 0.1) is 13.8 Å². The summed E-state index contributed by atoms with van der Waals surface area (Å²) in [6.45, 7) is 10.9. The van der Waals surface area contributed by atoms with Crippen molar-refractivity contribution in [3.63, 3.8) is 0 Å². The van der Waals surface area contributed by atoms with Crippen molar-refractivity contribution in [1.82, 2.24) is 15.1 Å². The lowest BCUT2D eigenvalue weighted by atomic mass is 10.0. The highest BCUT2D eigenvalue weighted by atomic mass is 16.5. The SMILES string of the molecule is CCn1nc(C)c(C(C)NCC2(O)CCOC2)c1C. The van der Waals surface area contributed by atoms with Crippen LogP contribution in [0.5, 0.6) is 0 Å². The van der Waals surface area contributed by atoms with Gasteiger partial charge in [-0.05, 0) is 27.7 Å². The van der Waals surface area contributed by atoms with E-state index in [0.29, 0.717) is 26.2 Å². The Kier molecular flexibility index (Phi) is 4.28. The van der Waals surface area contributed by atoms with Crippen molar-refractivity contribution < 1.29 is 9.84 Å². The van der Waals surface area contributed by atoms with Crippen LogP contribution in [0.25, 0.3) is 0 Å². The van der Waals surface area contributed by atoms with Crippen molar-refractivity contribution in [2.75, 3.05) is 19.8 Å². The van der Waals surface area contributed by atoms with Crippen LogP contribution in [-0.2, 0) is 11.3 Å². The molecule has 0 bridgehead atoms. The lowest BCUT2D eigenvalue weighted by Gasteiger charge is -2.24. The van der Waals surface area contributed by atoms with E-state index in [1.807, 2.05) is 11.6 Å². The highest BCUT2D eigenvalue weighted by Crippen LogP contribution is 2.23. The van der Waals surface area contributed by atoms with Crippen molar-refractivity contribution >= 4 is 0 Å². The van der Waals surface area contributed by atoms with Crippen molar-refractivity contribution in [2.45, 2.75) is 52.3 Å². The largest absolute Gasteiger partial charge is 0.386 e. The molecule has 0 spiro atoms. The zero-order chi connectivity index (χ0) is 14.0. The van der Waals surface area contributed by atoms with E-state index in [2.05, 4.69) is 31.2 Å². The molecule has 1 fully saturated rings. The zero-order valence-electron chi connectivity index (χ0n) is 12.4. The molecule has 2 unspecified atom stereocenters. The van der Waals surface area contributed by atoms with E-state index in [4.69, 9.17) is 4.74 Å². The first-order valence-electron chi connectivity index (χ1n) is 7.04. The molecule has 19 heavy (non-hydrogen) atoms. The van der Waals surface area contributed by atoms with Gasteiger partial charge in [0.1, 0.15) is 5.60 Å². The van der Waals surface area contributed by atoms with Crippen LogP contribution in [0.1, 0.15) is 43.3 Å². The number of nitrogens with one attached hydrogen (secondary N) is 1. The predicted molar refractivity (Wildman–Crippen MR) is 74.2 cm³/mol. The third-order valence-electron chi connectivity index (χ3n) is 3.99. The second-order valence-electron chi connectivity index (χ2n) is 5.53. The smallest absolute Gasteiger partial charge is 0.103 e. The van der Waals surface area contributed by atoms with Gasteiger partial charge in [0.15, 0.2) is 0 Å². The fourth-order valence-electron chi connectivity index (χ4n) is 2.83. The van der Waals surface area contributed by atoms with Gasteiger partial charge < -0.3 is 15.2 Å². The van der Waals surface area contributed by atoms with Crippen molar-refractivity contribution in [1.29, 1.82) is 0 Å². The normalized spacial score (nSPS) is 24.9. The molecular formula is C14H25N3O2. The van der Waals surface area contributed by atoms with Gasteiger partial charge in [0.05, 0.1) is 12.3 Å². The number of aryl methyl sites for hydroxylation is 2. The molecule has 2 heterocycles. The quantitative estimate of drug-likeness (QED) is 0.845. The third-order valence-corrected chi connectivity index (χ3v) is 3.99. The summed E-state index contributed by atoms with van der Waals surface area (Å²) in [5.74, 6) is 0. The van der Waals surface area contributed by atoms with Gasteiger partial charge in [-0.3, -0.25) is 4.68 Å². The maximum Gasteiger partial charge on any atom is 0.103 e. The molecule has 1 aromatic rings. The van der Waals surface area contributed by atoms with E-state index in [0.717, 1.165) is 12.2 Å². The standard InChI is InChI=1S/C14H25N3O2/c1-5-17-12(4)13(11(3)16-17)10(2)15-8-14(18)6-7-19-9-14/h10,15,18H,5-9H2,1-4H3. The van der Waals surface area contributed by atoms with Crippen molar-refractivity contribution in [3.05, 3.63) is 17.0 Å². The number of hydrogen-bond donors (Lipinski definition) is 2. The molecule has 1 aliphatic rings. The third kappa shape index (κ3) is 2.99. The molecule has 2 rings (SSSR count). The van der Waals surface area contributed by atoms with Gasteiger partial charge in [-0.2, -0.15) is 5.10 Å². The first-order chi connectivity index (χ1) is 8.97. The molecule has 2 atom stereocenters. The summed E-state index contributed by atoms with van der Waals surface area (Å²) < 4.78 is 7.28. The minimum atomic E-state index is -0.711. The van der Waals surface area contributed by atoms with E-state index in [1.54, 1.807) is 0 Å². The maximum absolute atomic E-state index is 10.3. The second kappa shape index (κ2) is 5.61. The molecule has 2 N–H and O–H groups in total. The topological polar surface area (TPSA) is 59.3 Å². The summed E-state index contributed by atoms with van der Waals surface area (Å²) >= 11 is 0. The Morgan fingerprint density at radius 1 is 1.53 bits per heavy atom. The van der Waals surface area contributed by atoms with Crippen LogP contribution in [0.4, 0.5) is 0 Å². The molecule has 0 aromatic carbocycles. The molecule has 0 aliphatic carbocycles. The average molecular weight is 267 g/mol. The van der Waals surface area contributed by atoms with Gasteiger partial charge in [-0.25, -0.2) is 0 Å². The number of hydrogen-bond acceptors (Lipinski definition) is 4. The highest BCUT2D eigenvalue weighted by Gasteiger charge is 2.32. The van der Waals surface area contributed by atoms with Gasteiger partial charge in [0, 0.05) is 43.4 Å². The van der Waals surface area contributed by atoms with Gasteiger partial charge in [0.25, 0.3) is 0 Å². The number of ether oxygens (including phenoxy) is 1. The fraction of sp³-hybridized carbons (Fsp3) is 0.786. The summed E-state index contributed by atoms with van der Waals surface area (Å²) in [5, 5.41) is 18.2. The van der Waals surface area contributed by atoms with E-state index in [1.165, 1.54) is 11.3 Å². The minimum absolute atomic E-state index is 0.185. The van der Waals surface area contributed by atoms with Gasteiger partial charge in [-0.15, -0.1) is 0 Å². The van der Waals surface area contributed by atoms with E-state index in [-0.39, 0.29) is 6.04 Å². The summed E-state index contributed by atoms with van der Waals surface area (Å²) in [6.07, 6.45) is 0.707. The first-order valence-corrected chi connectivity index (χ1v) is 7.04. The van der Waals surface area contributed by atoms with Crippen molar-refractivity contribution in [3.8, 4) is 0 Å². The molecule has 0 saturated carbocycles. The number of nitrogens with zero attached hydrogens (tertiary/aromatic N) is 2. The Labute approximate surface area is 115 Å². The predicted octanol–water partition coefficient (Wildman–Crippen LogP) is 1.32. The Bertz CT molecular complexity index is 436. The fourth-order valence-corrected chi connectivity index (χ4v) is 2.83. The summed E-state index contributed by atoms with van der Waals surface area (Å²) in [6, 6.07) is 0.185. The van der Waals surface area contributed by atoms with Crippen molar-refractivity contribution in [2.24, 2.45) is 0 Å². The van der Waals surface area contributed by atoms with Crippen LogP contribution < -0.4 is 5.32 Å². The summed E-state index contributed by atoms with van der Waals surface area (Å²) in [4.78, 5) is 0. The van der Waals surface area contributed by atoms with Crippen LogP contribution >= 0.6 is 0 Å².